The summed E-state index contributed by atoms with van der Waals surface area (Å²) in [7, 11) is -3.64. The molecule has 0 aliphatic carbocycles. The Hall–Kier alpha value is -2.05. The second-order valence-electron chi connectivity index (χ2n) is 6.60. The van der Waals surface area contributed by atoms with Crippen LogP contribution in [-0.2, 0) is 21.2 Å². The zero-order valence-corrected chi connectivity index (χ0v) is 17.3. The van der Waals surface area contributed by atoms with Crippen molar-refractivity contribution >= 4 is 33.2 Å². The van der Waals surface area contributed by atoms with Gasteiger partial charge in [-0.1, -0.05) is 47.5 Å². The van der Waals surface area contributed by atoms with Gasteiger partial charge in [-0.25, -0.2) is 8.42 Å². The number of carbonyl (C=O) groups is 1. The maximum Gasteiger partial charge on any atom is 0.243 e. The molecule has 0 aliphatic rings. The number of rotatable bonds is 8. The molecule has 2 aromatic rings. The van der Waals surface area contributed by atoms with Crippen LogP contribution in [0.3, 0.4) is 0 Å². The van der Waals surface area contributed by atoms with E-state index >= 15 is 0 Å². The highest BCUT2D eigenvalue weighted by Crippen LogP contribution is 2.24. The molecular formula is C20H25ClN2O3S. The molecule has 7 heteroatoms. The number of carbonyl (C=O) groups excluding carboxylic acids is 1. The average Bonchev–Trinajstić information content (AvgIpc) is 2.57. The van der Waals surface area contributed by atoms with E-state index in [0.717, 1.165) is 23.4 Å². The molecule has 146 valence electrons. The van der Waals surface area contributed by atoms with Crippen LogP contribution in [-0.4, -0.2) is 33.2 Å². The van der Waals surface area contributed by atoms with Gasteiger partial charge in [0.15, 0.2) is 0 Å². The Morgan fingerprint density at radius 3 is 2.52 bits per heavy atom. The van der Waals surface area contributed by atoms with Crippen molar-refractivity contribution in [2.24, 2.45) is 0 Å². The molecule has 27 heavy (non-hydrogen) atoms. The third-order valence-corrected chi connectivity index (χ3v) is 5.65. The molecule has 0 aromatic heterocycles. The predicted octanol–water partition coefficient (Wildman–Crippen LogP) is 3.55. The van der Waals surface area contributed by atoms with Crippen molar-refractivity contribution < 1.29 is 13.2 Å². The first-order chi connectivity index (χ1) is 12.7. The lowest BCUT2D eigenvalue weighted by atomic mass is 10.1. The van der Waals surface area contributed by atoms with Gasteiger partial charge in [0.1, 0.15) is 6.04 Å². The molecule has 0 bridgehead atoms. The van der Waals surface area contributed by atoms with Gasteiger partial charge in [-0.2, -0.15) is 0 Å². The summed E-state index contributed by atoms with van der Waals surface area (Å²) < 4.78 is 25.6. The Balaban J connectivity index is 1.98. The highest BCUT2D eigenvalue weighted by Gasteiger charge is 2.28. The first-order valence-corrected chi connectivity index (χ1v) is 11.0. The predicted molar refractivity (Wildman–Crippen MR) is 111 cm³/mol. The molecule has 0 heterocycles. The number of nitrogens with zero attached hydrogens (tertiary/aromatic N) is 1. The van der Waals surface area contributed by atoms with Crippen molar-refractivity contribution in [2.45, 2.75) is 32.7 Å². The Morgan fingerprint density at radius 1 is 1.19 bits per heavy atom. The largest absolute Gasteiger partial charge is 0.354 e. The van der Waals surface area contributed by atoms with Crippen LogP contribution in [0.15, 0.2) is 48.5 Å². The summed E-state index contributed by atoms with van der Waals surface area (Å²) in [5.74, 6) is -0.343. The maximum absolute atomic E-state index is 12.5. The number of anilines is 1. The molecule has 0 fully saturated rings. The number of hydrogen-bond donors (Lipinski definition) is 1. The van der Waals surface area contributed by atoms with Gasteiger partial charge in [-0.15, -0.1) is 0 Å². The molecule has 0 aliphatic heterocycles. The van der Waals surface area contributed by atoms with Crippen molar-refractivity contribution in [2.75, 3.05) is 17.1 Å². The number of hydrogen-bond acceptors (Lipinski definition) is 3. The molecule has 0 unspecified atom stereocenters. The van der Waals surface area contributed by atoms with Gasteiger partial charge in [-0.05, 0) is 50.5 Å². The number of amides is 1. The number of benzene rings is 2. The summed E-state index contributed by atoms with van der Waals surface area (Å²) in [6.07, 6.45) is 2.70. The van der Waals surface area contributed by atoms with E-state index in [-0.39, 0.29) is 5.91 Å². The summed E-state index contributed by atoms with van der Waals surface area (Å²) in [4.78, 5) is 12.5. The molecule has 0 spiro atoms. The second kappa shape index (κ2) is 9.24. The smallest absolute Gasteiger partial charge is 0.243 e. The lowest BCUT2D eigenvalue weighted by molar-refractivity contribution is -0.121. The van der Waals surface area contributed by atoms with Crippen LogP contribution in [0.4, 0.5) is 5.69 Å². The molecule has 2 rings (SSSR count). The van der Waals surface area contributed by atoms with Crippen molar-refractivity contribution in [1.29, 1.82) is 0 Å². The van der Waals surface area contributed by atoms with Crippen molar-refractivity contribution in [3.63, 3.8) is 0 Å². The Kier molecular flexibility index (Phi) is 7.27. The first-order valence-electron chi connectivity index (χ1n) is 8.76. The van der Waals surface area contributed by atoms with Gasteiger partial charge in [0.25, 0.3) is 0 Å². The molecular weight excluding hydrogens is 384 g/mol. The maximum atomic E-state index is 12.5. The Morgan fingerprint density at radius 2 is 1.89 bits per heavy atom. The molecule has 1 amide bonds. The number of halogens is 1. The fourth-order valence-electron chi connectivity index (χ4n) is 2.94. The van der Waals surface area contributed by atoms with Gasteiger partial charge in [-0.3, -0.25) is 9.10 Å². The molecule has 0 saturated carbocycles. The molecule has 1 N–H and O–H groups in total. The van der Waals surface area contributed by atoms with Crippen LogP contribution in [0, 0.1) is 6.92 Å². The van der Waals surface area contributed by atoms with E-state index in [0.29, 0.717) is 17.3 Å². The summed E-state index contributed by atoms with van der Waals surface area (Å²) >= 11 is 5.97. The quantitative estimate of drug-likeness (QED) is 0.679. The topological polar surface area (TPSA) is 66.5 Å². The van der Waals surface area contributed by atoms with E-state index in [4.69, 9.17) is 11.6 Å². The zero-order valence-electron chi connectivity index (χ0n) is 15.8. The van der Waals surface area contributed by atoms with Crippen LogP contribution in [0.25, 0.3) is 0 Å². The van der Waals surface area contributed by atoms with E-state index < -0.39 is 16.1 Å². The fraction of sp³-hybridized carbons (Fsp3) is 0.350. The Labute approximate surface area is 166 Å². The van der Waals surface area contributed by atoms with E-state index in [1.165, 1.54) is 17.2 Å². The van der Waals surface area contributed by atoms with E-state index in [2.05, 4.69) is 17.4 Å². The normalized spacial score (nSPS) is 12.4. The van der Waals surface area contributed by atoms with Crippen LogP contribution in [0.1, 0.15) is 24.5 Å². The number of nitrogens with one attached hydrogen (secondary N) is 1. The lowest BCUT2D eigenvalue weighted by Crippen LogP contribution is -2.48. The van der Waals surface area contributed by atoms with E-state index in [1.54, 1.807) is 25.1 Å². The summed E-state index contributed by atoms with van der Waals surface area (Å²) in [6, 6.07) is 13.8. The van der Waals surface area contributed by atoms with Crippen LogP contribution in [0.5, 0.6) is 0 Å². The minimum Gasteiger partial charge on any atom is -0.354 e. The van der Waals surface area contributed by atoms with E-state index in [1.807, 2.05) is 19.1 Å². The van der Waals surface area contributed by atoms with Crippen LogP contribution in [0.2, 0.25) is 5.02 Å². The summed E-state index contributed by atoms with van der Waals surface area (Å²) in [5.41, 5.74) is 2.79. The lowest BCUT2D eigenvalue weighted by Gasteiger charge is -2.28. The van der Waals surface area contributed by atoms with Crippen molar-refractivity contribution in [3.05, 3.63) is 64.7 Å². The molecule has 5 nitrogen and oxygen atoms in total. The Bertz CT molecular complexity index is 900. The van der Waals surface area contributed by atoms with E-state index in [9.17, 15) is 13.2 Å². The highest BCUT2D eigenvalue weighted by molar-refractivity contribution is 7.92. The number of sulfonamides is 1. The van der Waals surface area contributed by atoms with Crippen molar-refractivity contribution in [3.8, 4) is 0 Å². The summed E-state index contributed by atoms with van der Waals surface area (Å²) in [6.45, 7) is 4.09. The second-order valence-corrected chi connectivity index (χ2v) is 8.89. The minimum absolute atomic E-state index is 0.343. The fourth-order valence-corrected chi connectivity index (χ4v) is 4.29. The first kappa shape index (κ1) is 21.3. The SMILES string of the molecule is Cc1cccc(CCCNC(=O)[C@@H](C)N(c2cccc(Cl)c2)S(C)(=O)=O)c1. The third-order valence-electron chi connectivity index (χ3n) is 4.18. The molecule has 0 saturated heterocycles. The monoisotopic (exact) mass is 408 g/mol. The van der Waals surface area contributed by atoms with Gasteiger partial charge in [0.05, 0.1) is 11.9 Å². The minimum atomic E-state index is -3.64. The molecule has 1 atom stereocenters. The van der Waals surface area contributed by atoms with Crippen molar-refractivity contribution in [1.82, 2.24) is 5.32 Å². The molecule has 0 radical (unpaired) electrons. The number of aryl methyl sites for hydroxylation is 2. The third kappa shape index (κ3) is 6.26. The van der Waals surface area contributed by atoms with Gasteiger partial charge < -0.3 is 5.32 Å². The zero-order chi connectivity index (χ0) is 20.0. The van der Waals surface area contributed by atoms with Gasteiger partial charge >= 0.3 is 0 Å². The average molecular weight is 409 g/mol. The summed E-state index contributed by atoms with van der Waals surface area (Å²) in [5, 5.41) is 3.24. The van der Waals surface area contributed by atoms with Gasteiger partial charge in [0, 0.05) is 11.6 Å². The standard InChI is InChI=1S/C20H25ClN2O3S/c1-15-7-4-8-17(13-15)9-6-12-22-20(24)16(2)23(27(3,25)26)19-11-5-10-18(21)14-19/h4-5,7-8,10-11,13-14,16H,6,9,12H2,1-3H3,(H,22,24)/t16-/m1/s1. The van der Waals surface area contributed by atoms with Crippen LogP contribution < -0.4 is 9.62 Å². The highest BCUT2D eigenvalue weighted by atomic mass is 35.5. The molecule has 2 aromatic carbocycles. The van der Waals surface area contributed by atoms with Crippen LogP contribution >= 0.6 is 11.6 Å². The van der Waals surface area contributed by atoms with Gasteiger partial charge in [0.2, 0.25) is 15.9 Å².